The summed E-state index contributed by atoms with van der Waals surface area (Å²) in [7, 11) is 3.21. The Labute approximate surface area is 185 Å². The van der Waals surface area contributed by atoms with E-state index in [1.54, 1.807) is 37.9 Å². The number of rotatable bonds is 9. The Morgan fingerprint density at radius 3 is 2.65 bits per heavy atom. The van der Waals surface area contributed by atoms with Crippen molar-refractivity contribution in [3.8, 4) is 21.9 Å². The van der Waals surface area contributed by atoms with Gasteiger partial charge >= 0.3 is 0 Å². The smallest absolute Gasteiger partial charge is 0.273 e. The molecule has 1 aliphatic carbocycles. The molecule has 0 saturated heterocycles. The quantitative estimate of drug-likeness (QED) is 0.467. The van der Waals surface area contributed by atoms with Gasteiger partial charge in [-0.15, -0.1) is 11.3 Å². The Balaban J connectivity index is 1.55. The summed E-state index contributed by atoms with van der Waals surface area (Å²) in [5.41, 5.74) is 3.40. The molecular formula is C24H25FN2O3S. The van der Waals surface area contributed by atoms with Crippen molar-refractivity contribution >= 4 is 17.2 Å². The SMILES string of the molecule is COc1ccc(CCN(CC2CC2)C(=O)c2ncsc2-c2ccccc2F)cc1OC. The average Bonchev–Trinajstić information content (AvgIpc) is 3.49. The van der Waals surface area contributed by atoms with Crippen LogP contribution in [0.5, 0.6) is 11.5 Å². The second kappa shape index (κ2) is 9.47. The Kier molecular flexibility index (Phi) is 6.51. The van der Waals surface area contributed by atoms with Crippen LogP contribution in [0.15, 0.2) is 48.0 Å². The first kappa shape index (κ1) is 21.3. The van der Waals surface area contributed by atoms with Crippen LogP contribution in [0.3, 0.4) is 0 Å². The summed E-state index contributed by atoms with van der Waals surface area (Å²) in [5, 5.41) is 0. The van der Waals surface area contributed by atoms with Crippen molar-refractivity contribution in [3.63, 3.8) is 0 Å². The maximum atomic E-state index is 14.4. The molecule has 2 aromatic carbocycles. The Morgan fingerprint density at radius 2 is 1.94 bits per heavy atom. The van der Waals surface area contributed by atoms with Crippen molar-refractivity contribution in [1.82, 2.24) is 9.88 Å². The van der Waals surface area contributed by atoms with Gasteiger partial charge in [0.1, 0.15) is 11.5 Å². The number of thiazole rings is 1. The summed E-state index contributed by atoms with van der Waals surface area (Å²) in [6, 6.07) is 12.3. The number of carbonyl (C=O) groups is 1. The fourth-order valence-corrected chi connectivity index (χ4v) is 4.38. The predicted molar refractivity (Wildman–Crippen MR) is 119 cm³/mol. The second-order valence-electron chi connectivity index (χ2n) is 7.64. The molecule has 7 heteroatoms. The number of methoxy groups -OCH3 is 2. The number of nitrogens with zero attached hydrogens (tertiary/aromatic N) is 2. The van der Waals surface area contributed by atoms with Gasteiger partial charge in [0.15, 0.2) is 11.5 Å². The maximum absolute atomic E-state index is 14.4. The number of carbonyl (C=O) groups excluding carboxylic acids is 1. The summed E-state index contributed by atoms with van der Waals surface area (Å²) in [6.07, 6.45) is 2.95. The molecule has 0 atom stereocenters. The molecular weight excluding hydrogens is 415 g/mol. The van der Waals surface area contributed by atoms with Gasteiger partial charge in [0, 0.05) is 18.7 Å². The highest BCUT2D eigenvalue weighted by molar-refractivity contribution is 7.13. The standard InChI is InChI=1S/C24H25FN2O3S/c1-29-20-10-9-16(13-21(20)30-2)11-12-27(14-17-7-8-17)24(28)22-23(31-15-26-22)18-5-3-4-6-19(18)25/h3-6,9-10,13,15,17H,7-8,11-12,14H2,1-2H3. The minimum absolute atomic E-state index is 0.146. The number of hydrogen-bond acceptors (Lipinski definition) is 5. The van der Waals surface area contributed by atoms with Crippen LogP contribution in [0, 0.1) is 11.7 Å². The van der Waals surface area contributed by atoms with Gasteiger partial charge in [-0.25, -0.2) is 9.37 Å². The Morgan fingerprint density at radius 1 is 1.16 bits per heavy atom. The van der Waals surface area contributed by atoms with Crippen LogP contribution >= 0.6 is 11.3 Å². The van der Waals surface area contributed by atoms with E-state index < -0.39 is 0 Å². The number of amides is 1. The number of ether oxygens (including phenoxy) is 2. The monoisotopic (exact) mass is 440 g/mol. The van der Waals surface area contributed by atoms with Gasteiger partial charge in [-0.2, -0.15) is 0 Å². The van der Waals surface area contributed by atoms with Gasteiger partial charge < -0.3 is 14.4 Å². The molecule has 0 bridgehead atoms. The lowest BCUT2D eigenvalue weighted by Crippen LogP contribution is -2.35. The normalized spacial score (nSPS) is 13.1. The summed E-state index contributed by atoms with van der Waals surface area (Å²) in [4.78, 5) is 20.2. The molecule has 3 aromatic rings. The summed E-state index contributed by atoms with van der Waals surface area (Å²) < 4.78 is 25.0. The number of benzene rings is 2. The fraction of sp³-hybridized carbons (Fsp3) is 0.333. The average molecular weight is 441 g/mol. The molecule has 0 aliphatic heterocycles. The van der Waals surface area contributed by atoms with Crippen molar-refractivity contribution in [2.75, 3.05) is 27.3 Å². The van der Waals surface area contributed by atoms with Crippen LogP contribution in [0.4, 0.5) is 4.39 Å². The van der Waals surface area contributed by atoms with Gasteiger partial charge in [0.05, 0.1) is 24.6 Å². The Hall–Kier alpha value is -2.93. The number of halogens is 1. The van der Waals surface area contributed by atoms with E-state index in [-0.39, 0.29) is 11.7 Å². The molecule has 1 aromatic heterocycles. The third-order valence-corrected chi connectivity index (χ3v) is 6.33. The highest BCUT2D eigenvalue weighted by atomic mass is 32.1. The Bertz CT molecular complexity index is 1060. The third-order valence-electron chi connectivity index (χ3n) is 5.47. The van der Waals surface area contributed by atoms with E-state index in [1.807, 2.05) is 23.1 Å². The minimum atomic E-state index is -0.347. The molecule has 0 spiro atoms. The molecule has 4 rings (SSSR count). The van der Waals surface area contributed by atoms with Crippen molar-refractivity contribution in [2.24, 2.45) is 5.92 Å². The van der Waals surface area contributed by atoms with E-state index in [2.05, 4.69) is 4.98 Å². The van der Waals surface area contributed by atoms with Crippen LogP contribution in [-0.2, 0) is 6.42 Å². The zero-order chi connectivity index (χ0) is 21.8. The molecule has 0 unspecified atom stereocenters. The summed E-state index contributed by atoms with van der Waals surface area (Å²) >= 11 is 1.29. The third kappa shape index (κ3) is 4.88. The second-order valence-corrected chi connectivity index (χ2v) is 8.50. The molecule has 5 nitrogen and oxygen atoms in total. The van der Waals surface area contributed by atoms with E-state index in [9.17, 15) is 9.18 Å². The molecule has 0 N–H and O–H groups in total. The summed E-state index contributed by atoms with van der Waals surface area (Å²) in [5.74, 6) is 1.38. The van der Waals surface area contributed by atoms with E-state index in [4.69, 9.17) is 9.47 Å². The van der Waals surface area contributed by atoms with Gasteiger partial charge in [0.2, 0.25) is 0 Å². The number of aromatic nitrogens is 1. The van der Waals surface area contributed by atoms with Crippen LogP contribution in [0.1, 0.15) is 28.9 Å². The summed E-state index contributed by atoms with van der Waals surface area (Å²) in [6.45, 7) is 1.25. The fourth-order valence-electron chi connectivity index (χ4n) is 3.57. The topological polar surface area (TPSA) is 51.7 Å². The van der Waals surface area contributed by atoms with Crippen LogP contribution in [-0.4, -0.2) is 43.1 Å². The highest BCUT2D eigenvalue weighted by Gasteiger charge is 2.29. The van der Waals surface area contributed by atoms with E-state index in [1.165, 1.54) is 17.4 Å². The van der Waals surface area contributed by atoms with Gasteiger partial charge in [0.25, 0.3) is 5.91 Å². The van der Waals surface area contributed by atoms with E-state index in [0.717, 1.165) is 18.4 Å². The lowest BCUT2D eigenvalue weighted by Gasteiger charge is -2.23. The van der Waals surface area contributed by atoms with E-state index in [0.29, 0.717) is 53.1 Å². The number of hydrogen-bond donors (Lipinski definition) is 0. The lowest BCUT2D eigenvalue weighted by atomic mass is 10.1. The zero-order valence-corrected chi connectivity index (χ0v) is 18.5. The van der Waals surface area contributed by atoms with Gasteiger partial charge in [-0.05, 0) is 48.9 Å². The zero-order valence-electron chi connectivity index (χ0n) is 17.6. The van der Waals surface area contributed by atoms with Crippen LogP contribution in [0.2, 0.25) is 0 Å². The highest BCUT2D eigenvalue weighted by Crippen LogP contribution is 2.34. The molecule has 1 saturated carbocycles. The molecule has 1 amide bonds. The van der Waals surface area contributed by atoms with Crippen molar-refractivity contribution < 1.29 is 18.7 Å². The van der Waals surface area contributed by atoms with Crippen LogP contribution in [0.25, 0.3) is 10.4 Å². The largest absolute Gasteiger partial charge is 0.493 e. The first-order valence-corrected chi connectivity index (χ1v) is 11.2. The molecule has 1 fully saturated rings. The van der Waals surface area contributed by atoms with Crippen molar-refractivity contribution in [3.05, 3.63) is 65.0 Å². The van der Waals surface area contributed by atoms with Crippen LogP contribution < -0.4 is 9.47 Å². The molecule has 0 radical (unpaired) electrons. The molecule has 1 heterocycles. The predicted octanol–water partition coefficient (Wildman–Crippen LogP) is 5.06. The van der Waals surface area contributed by atoms with Crippen molar-refractivity contribution in [1.29, 1.82) is 0 Å². The first-order valence-electron chi connectivity index (χ1n) is 10.3. The molecule has 162 valence electrons. The molecule has 31 heavy (non-hydrogen) atoms. The molecule has 1 aliphatic rings. The van der Waals surface area contributed by atoms with Gasteiger partial charge in [-0.1, -0.05) is 24.3 Å². The van der Waals surface area contributed by atoms with Crippen molar-refractivity contribution in [2.45, 2.75) is 19.3 Å². The van der Waals surface area contributed by atoms with Gasteiger partial charge in [-0.3, -0.25) is 4.79 Å². The van der Waals surface area contributed by atoms with E-state index >= 15 is 0 Å². The first-order chi connectivity index (χ1) is 15.1. The lowest BCUT2D eigenvalue weighted by molar-refractivity contribution is 0.0745. The maximum Gasteiger partial charge on any atom is 0.273 e. The minimum Gasteiger partial charge on any atom is -0.493 e.